The van der Waals surface area contributed by atoms with E-state index in [2.05, 4.69) is 32.2 Å². The quantitative estimate of drug-likeness (QED) is 0.744. The number of rotatable bonds is 8. The summed E-state index contributed by atoms with van der Waals surface area (Å²) in [5.41, 5.74) is 1.17. The molecule has 0 aliphatic heterocycles. The van der Waals surface area contributed by atoms with E-state index in [1.807, 2.05) is 12.1 Å². The lowest BCUT2D eigenvalue weighted by Crippen LogP contribution is -2.35. The minimum absolute atomic E-state index is 0.0659. The number of hydrogen-bond acceptors (Lipinski definition) is 4. The molecule has 0 spiro atoms. The zero-order valence-electron chi connectivity index (χ0n) is 13.3. The first-order chi connectivity index (χ1) is 9.48. The minimum atomic E-state index is 0.0659. The van der Waals surface area contributed by atoms with E-state index in [-0.39, 0.29) is 5.54 Å². The summed E-state index contributed by atoms with van der Waals surface area (Å²) in [6.45, 7) is 8.51. The van der Waals surface area contributed by atoms with E-state index in [1.165, 1.54) is 0 Å². The van der Waals surface area contributed by atoms with E-state index < -0.39 is 0 Å². The summed E-state index contributed by atoms with van der Waals surface area (Å²) in [5, 5.41) is 3.47. The van der Waals surface area contributed by atoms with Crippen LogP contribution in [0.1, 0.15) is 32.8 Å². The highest BCUT2D eigenvalue weighted by atomic mass is 16.5. The Kier molecular flexibility index (Phi) is 6.82. The molecule has 1 N–H and O–H groups in total. The second kappa shape index (κ2) is 8.12. The van der Waals surface area contributed by atoms with Crippen molar-refractivity contribution in [1.29, 1.82) is 0 Å². The van der Waals surface area contributed by atoms with E-state index in [0.717, 1.165) is 30.0 Å². The third-order valence-corrected chi connectivity index (χ3v) is 2.83. The van der Waals surface area contributed by atoms with Gasteiger partial charge in [-0.25, -0.2) is 0 Å². The maximum absolute atomic E-state index is 5.88. The SMILES string of the molecule is COCCCOc1c(CNC(C)(C)C)cccc1OC. The molecule has 0 fully saturated rings. The number of hydrogen-bond donors (Lipinski definition) is 1. The molecule has 0 aliphatic carbocycles. The van der Waals surface area contributed by atoms with Gasteiger partial charge in [-0.1, -0.05) is 12.1 Å². The third-order valence-electron chi connectivity index (χ3n) is 2.83. The second-order valence-electron chi connectivity index (χ2n) is 5.75. The van der Waals surface area contributed by atoms with Crippen molar-refractivity contribution in [2.24, 2.45) is 0 Å². The Morgan fingerprint density at radius 1 is 1.10 bits per heavy atom. The van der Waals surface area contributed by atoms with E-state index in [1.54, 1.807) is 14.2 Å². The van der Waals surface area contributed by atoms with Crippen molar-refractivity contribution in [2.75, 3.05) is 27.4 Å². The molecule has 0 amide bonds. The van der Waals surface area contributed by atoms with Gasteiger partial charge in [-0.3, -0.25) is 0 Å². The number of nitrogens with one attached hydrogen (secondary N) is 1. The molecule has 0 radical (unpaired) electrons. The Balaban J connectivity index is 2.76. The summed E-state index contributed by atoms with van der Waals surface area (Å²) in [7, 11) is 3.36. The van der Waals surface area contributed by atoms with Crippen LogP contribution < -0.4 is 14.8 Å². The molecule has 20 heavy (non-hydrogen) atoms. The first kappa shape index (κ1) is 16.8. The monoisotopic (exact) mass is 281 g/mol. The first-order valence-electron chi connectivity index (χ1n) is 7.00. The van der Waals surface area contributed by atoms with Crippen molar-refractivity contribution in [3.63, 3.8) is 0 Å². The van der Waals surface area contributed by atoms with Crippen LogP contribution in [-0.2, 0) is 11.3 Å². The number of methoxy groups -OCH3 is 2. The fraction of sp³-hybridized carbons (Fsp3) is 0.625. The van der Waals surface area contributed by atoms with Crippen LogP contribution in [0.4, 0.5) is 0 Å². The highest BCUT2D eigenvalue weighted by Gasteiger charge is 2.14. The van der Waals surface area contributed by atoms with Crippen LogP contribution in [0.25, 0.3) is 0 Å². The molecule has 0 saturated heterocycles. The van der Waals surface area contributed by atoms with Crippen molar-refractivity contribution in [2.45, 2.75) is 39.3 Å². The van der Waals surface area contributed by atoms with Gasteiger partial charge in [-0.15, -0.1) is 0 Å². The third kappa shape index (κ3) is 5.80. The van der Waals surface area contributed by atoms with Gasteiger partial charge < -0.3 is 19.5 Å². The zero-order chi connectivity index (χ0) is 15.0. The summed E-state index contributed by atoms with van der Waals surface area (Å²) in [6.07, 6.45) is 0.862. The molecule has 1 aromatic rings. The van der Waals surface area contributed by atoms with Gasteiger partial charge in [-0.2, -0.15) is 0 Å². The van der Waals surface area contributed by atoms with Crippen molar-refractivity contribution < 1.29 is 14.2 Å². The summed E-state index contributed by atoms with van der Waals surface area (Å²) >= 11 is 0. The Morgan fingerprint density at radius 2 is 1.85 bits per heavy atom. The van der Waals surface area contributed by atoms with Crippen molar-refractivity contribution in [3.05, 3.63) is 23.8 Å². The van der Waals surface area contributed by atoms with Crippen LogP contribution >= 0.6 is 0 Å². The summed E-state index contributed by atoms with van der Waals surface area (Å²) in [5.74, 6) is 1.60. The average Bonchev–Trinajstić information content (AvgIpc) is 2.41. The van der Waals surface area contributed by atoms with Crippen LogP contribution in [0.3, 0.4) is 0 Å². The van der Waals surface area contributed by atoms with E-state index >= 15 is 0 Å². The van der Waals surface area contributed by atoms with Gasteiger partial charge >= 0.3 is 0 Å². The Bertz CT molecular complexity index is 399. The predicted octanol–water partition coefficient (Wildman–Crippen LogP) is 3.00. The largest absolute Gasteiger partial charge is 0.493 e. The van der Waals surface area contributed by atoms with Crippen LogP contribution in [0, 0.1) is 0 Å². The van der Waals surface area contributed by atoms with Crippen LogP contribution in [0.5, 0.6) is 11.5 Å². The Labute approximate surface area is 122 Å². The standard InChI is InChI=1S/C16H27NO3/c1-16(2,3)17-12-13-8-6-9-14(19-5)15(13)20-11-7-10-18-4/h6,8-9,17H,7,10-12H2,1-5H3. The fourth-order valence-electron chi connectivity index (χ4n) is 1.76. The molecule has 0 unspecified atom stereocenters. The van der Waals surface area contributed by atoms with E-state index in [9.17, 15) is 0 Å². The molecule has 0 aliphatic rings. The lowest BCUT2D eigenvalue weighted by molar-refractivity contribution is 0.170. The Hall–Kier alpha value is -1.26. The molecule has 0 bridgehead atoms. The number of ether oxygens (including phenoxy) is 3. The highest BCUT2D eigenvalue weighted by molar-refractivity contribution is 5.46. The maximum Gasteiger partial charge on any atom is 0.165 e. The second-order valence-corrected chi connectivity index (χ2v) is 5.75. The van der Waals surface area contributed by atoms with Gasteiger partial charge in [0.1, 0.15) is 0 Å². The summed E-state index contributed by atoms with van der Waals surface area (Å²) < 4.78 is 16.3. The van der Waals surface area contributed by atoms with E-state index in [4.69, 9.17) is 14.2 Å². The van der Waals surface area contributed by atoms with Crippen LogP contribution in [0.15, 0.2) is 18.2 Å². The molecular formula is C16H27NO3. The molecule has 0 aromatic heterocycles. The van der Waals surface area contributed by atoms with Crippen molar-refractivity contribution in [3.8, 4) is 11.5 Å². The van der Waals surface area contributed by atoms with E-state index in [0.29, 0.717) is 13.2 Å². The van der Waals surface area contributed by atoms with Gasteiger partial charge in [0.05, 0.1) is 13.7 Å². The van der Waals surface area contributed by atoms with Crippen LogP contribution in [0.2, 0.25) is 0 Å². The molecule has 0 atom stereocenters. The van der Waals surface area contributed by atoms with Gasteiger partial charge in [0.15, 0.2) is 11.5 Å². The van der Waals surface area contributed by atoms with Gasteiger partial charge in [0, 0.05) is 37.8 Å². The summed E-state index contributed by atoms with van der Waals surface area (Å²) in [6, 6.07) is 5.97. The molecule has 0 heterocycles. The molecule has 0 saturated carbocycles. The van der Waals surface area contributed by atoms with Gasteiger partial charge in [0.2, 0.25) is 0 Å². The van der Waals surface area contributed by atoms with Crippen molar-refractivity contribution in [1.82, 2.24) is 5.32 Å². The lowest BCUT2D eigenvalue weighted by atomic mass is 10.1. The molecular weight excluding hydrogens is 254 g/mol. The first-order valence-corrected chi connectivity index (χ1v) is 7.00. The Morgan fingerprint density at radius 3 is 2.45 bits per heavy atom. The molecule has 4 heteroatoms. The normalized spacial score (nSPS) is 11.4. The van der Waals surface area contributed by atoms with Crippen molar-refractivity contribution >= 4 is 0 Å². The lowest BCUT2D eigenvalue weighted by Gasteiger charge is -2.22. The topological polar surface area (TPSA) is 39.7 Å². The smallest absolute Gasteiger partial charge is 0.165 e. The molecule has 1 aromatic carbocycles. The molecule has 114 valence electrons. The molecule has 4 nitrogen and oxygen atoms in total. The minimum Gasteiger partial charge on any atom is -0.493 e. The van der Waals surface area contributed by atoms with Gasteiger partial charge in [0.25, 0.3) is 0 Å². The zero-order valence-corrected chi connectivity index (χ0v) is 13.3. The maximum atomic E-state index is 5.88. The van der Waals surface area contributed by atoms with Crippen LogP contribution in [-0.4, -0.2) is 33.0 Å². The number of para-hydroxylation sites is 1. The average molecular weight is 281 g/mol. The molecule has 1 rings (SSSR count). The summed E-state index contributed by atoms with van der Waals surface area (Å²) in [4.78, 5) is 0. The number of benzene rings is 1. The predicted molar refractivity (Wildman–Crippen MR) is 81.6 cm³/mol. The fourth-order valence-corrected chi connectivity index (χ4v) is 1.76. The van der Waals surface area contributed by atoms with Gasteiger partial charge in [-0.05, 0) is 26.8 Å². The highest BCUT2D eigenvalue weighted by Crippen LogP contribution is 2.31.